The number of benzene rings is 2. The van der Waals surface area contributed by atoms with E-state index in [9.17, 15) is 14.4 Å². The van der Waals surface area contributed by atoms with Gasteiger partial charge in [0.2, 0.25) is 5.91 Å². The van der Waals surface area contributed by atoms with Crippen molar-refractivity contribution in [3.63, 3.8) is 0 Å². The SMILES string of the molecule is CCCN(CC(=O)Nc1ccccc1C)C(=O)COC(=O)Cc1ccc(OC)cc1OC. The lowest BCUT2D eigenvalue weighted by Crippen LogP contribution is -2.41. The summed E-state index contributed by atoms with van der Waals surface area (Å²) < 4.78 is 15.6. The number of carbonyl (C=O) groups is 3. The predicted octanol–water partition coefficient (Wildman–Crippen LogP) is 2.98. The summed E-state index contributed by atoms with van der Waals surface area (Å²) in [5.74, 6) is -0.207. The van der Waals surface area contributed by atoms with E-state index in [1.165, 1.54) is 19.1 Å². The van der Waals surface area contributed by atoms with Gasteiger partial charge in [0.1, 0.15) is 11.5 Å². The van der Waals surface area contributed by atoms with Crippen molar-refractivity contribution in [3.8, 4) is 11.5 Å². The molecular formula is C24H30N2O6. The Morgan fingerprint density at radius 2 is 1.78 bits per heavy atom. The van der Waals surface area contributed by atoms with Crippen LogP contribution < -0.4 is 14.8 Å². The van der Waals surface area contributed by atoms with Crippen molar-refractivity contribution in [2.45, 2.75) is 26.7 Å². The van der Waals surface area contributed by atoms with Gasteiger partial charge < -0.3 is 24.4 Å². The number of esters is 1. The number of aryl methyl sites for hydroxylation is 1. The minimum Gasteiger partial charge on any atom is -0.497 e. The molecule has 0 unspecified atom stereocenters. The van der Waals surface area contributed by atoms with Gasteiger partial charge in [0.25, 0.3) is 5.91 Å². The summed E-state index contributed by atoms with van der Waals surface area (Å²) >= 11 is 0. The second-order valence-electron chi connectivity index (χ2n) is 7.19. The fourth-order valence-electron chi connectivity index (χ4n) is 3.08. The first-order valence-electron chi connectivity index (χ1n) is 10.4. The first-order valence-corrected chi connectivity index (χ1v) is 10.4. The number of nitrogens with one attached hydrogen (secondary N) is 1. The monoisotopic (exact) mass is 442 g/mol. The van der Waals surface area contributed by atoms with Gasteiger partial charge in [0.15, 0.2) is 6.61 Å². The van der Waals surface area contributed by atoms with Crippen LogP contribution >= 0.6 is 0 Å². The zero-order valence-corrected chi connectivity index (χ0v) is 19.0. The molecular weight excluding hydrogens is 412 g/mol. The van der Waals surface area contributed by atoms with Crippen molar-refractivity contribution < 1.29 is 28.6 Å². The molecule has 0 aliphatic carbocycles. The highest BCUT2D eigenvalue weighted by Crippen LogP contribution is 2.25. The molecule has 0 fully saturated rings. The molecule has 0 aliphatic heterocycles. The summed E-state index contributed by atoms with van der Waals surface area (Å²) in [5.41, 5.74) is 2.24. The van der Waals surface area contributed by atoms with Crippen LogP contribution in [0.2, 0.25) is 0 Å². The molecule has 172 valence electrons. The molecule has 2 aromatic rings. The molecule has 0 aromatic heterocycles. The molecule has 0 radical (unpaired) electrons. The maximum absolute atomic E-state index is 12.6. The number of carbonyl (C=O) groups excluding carboxylic acids is 3. The van der Waals surface area contributed by atoms with Gasteiger partial charge in [-0.1, -0.05) is 31.2 Å². The number of para-hydroxylation sites is 1. The number of rotatable bonds is 11. The molecule has 1 N–H and O–H groups in total. The maximum Gasteiger partial charge on any atom is 0.310 e. The molecule has 8 heteroatoms. The Hall–Kier alpha value is -3.55. The van der Waals surface area contributed by atoms with Crippen LogP contribution in [0.3, 0.4) is 0 Å². The van der Waals surface area contributed by atoms with Crippen LogP contribution in [-0.2, 0) is 25.5 Å². The van der Waals surface area contributed by atoms with E-state index in [2.05, 4.69) is 5.32 Å². The van der Waals surface area contributed by atoms with Crippen LogP contribution in [0.1, 0.15) is 24.5 Å². The van der Waals surface area contributed by atoms with Crippen molar-refractivity contribution in [2.24, 2.45) is 0 Å². The van der Waals surface area contributed by atoms with E-state index in [0.717, 1.165) is 5.56 Å². The summed E-state index contributed by atoms with van der Waals surface area (Å²) in [5, 5.41) is 2.81. The van der Waals surface area contributed by atoms with Crippen LogP contribution in [0.25, 0.3) is 0 Å². The van der Waals surface area contributed by atoms with Crippen molar-refractivity contribution >= 4 is 23.5 Å². The van der Waals surface area contributed by atoms with Gasteiger partial charge in [-0.2, -0.15) is 0 Å². The predicted molar refractivity (Wildman–Crippen MR) is 121 cm³/mol. The zero-order chi connectivity index (χ0) is 23.5. The molecule has 0 saturated carbocycles. The lowest BCUT2D eigenvalue weighted by Gasteiger charge is -2.21. The van der Waals surface area contributed by atoms with E-state index < -0.39 is 18.5 Å². The lowest BCUT2D eigenvalue weighted by molar-refractivity contribution is -0.151. The van der Waals surface area contributed by atoms with E-state index in [1.807, 2.05) is 32.0 Å². The van der Waals surface area contributed by atoms with Gasteiger partial charge in [-0.25, -0.2) is 0 Å². The molecule has 2 amide bonds. The second kappa shape index (κ2) is 12.3. The topological polar surface area (TPSA) is 94.2 Å². The first-order chi connectivity index (χ1) is 15.4. The van der Waals surface area contributed by atoms with Gasteiger partial charge in [0.05, 0.1) is 27.2 Å². The van der Waals surface area contributed by atoms with Crippen LogP contribution in [0.5, 0.6) is 11.5 Å². The number of hydrogen-bond donors (Lipinski definition) is 1. The Bertz CT molecular complexity index is 944. The lowest BCUT2D eigenvalue weighted by atomic mass is 10.1. The number of nitrogens with zero attached hydrogens (tertiary/aromatic N) is 1. The van der Waals surface area contributed by atoms with E-state index in [-0.39, 0.29) is 18.9 Å². The van der Waals surface area contributed by atoms with Crippen LogP contribution in [0.4, 0.5) is 5.69 Å². The minimum absolute atomic E-state index is 0.0536. The fourth-order valence-corrected chi connectivity index (χ4v) is 3.08. The van der Waals surface area contributed by atoms with Gasteiger partial charge in [0, 0.05) is 23.9 Å². The number of amides is 2. The average molecular weight is 443 g/mol. The molecule has 0 bridgehead atoms. The number of anilines is 1. The molecule has 0 saturated heterocycles. The second-order valence-corrected chi connectivity index (χ2v) is 7.19. The van der Waals surface area contributed by atoms with Gasteiger partial charge >= 0.3 is 5.97 Å². The summed E-state index contributed by atoms with van der Waals surface area (Å²) in [7, 11) is 3.04. The largest absolute Gasteiger partial charge is 0.497 e. The molecule has 0 spiro atoms. The van der Waals surface area contributed by atoms with Crippen LogP contribution in [0.15, 0.2) is 42.5 Å². The third-order valence-electron chi connectivity index (χ3n) is 4.79. The molecule has 0 atom stereocenters. The highest BCUT2D eigenvalue weighted by molar-refractivity contribution is 5.95. The summed E-state index contributed by atoms with van der Waals surface area (Å²) in [6, 6.07) is 12.5. The molecule has 0 aliphatic rings. The quantitative estimate of drug-likeness (QED) is 0.538. The van der Waals surface area contributed by atoms with Crippen molar-refractivity contribution in [1.82, 2.24) is 4.90 Å². The Labute approximate surface area is 188 Å². The highest BCUT2D eigenvalue weighted by atomic mass is 16.5. The van der Waals surface area contributed by atoms with Gasteiger partial charge in [-0.3, -0.25) is 14.4 Å². The molecule has 0 heterocycles. The van der Waals surface area contributed by atoms with Crippen LogP contribution in [0, 0.1) is 6.92 Å². The Balaban J connectivity index is 1.91. The minimum atomic E-state index is -0.567. The van der Waals surface area contributed by atoms with Crippen molar-refractivity contribution in [3.05, 3.63) is 53.6 Å². The smallest absolute Gasteiger partial charge is 0.310 e. The summed E-state index contributed by atoms with van der Waals surface area (Å²) in [6.07, 6.45) is 0.613. The van der Waals surface area contributed by atoms with Crippen molar-refractivity contribution in [1.29, 1.82) is 0 Å². The third-order valence-corrected chi connectivity index (χ3v) is 4.79. The Morgan fingerprint density at radius 3 is 2.44 bits per heavy atom. The summed E-state index contributed by atoms with van der Waals surface area (Å²) in [6.45, 7) is 3.62. The first kappa shape index (κ1) is 24.7. The van der Waals surface area contributed by atoms with E-state index in [4.69, 9.17) is 14.2 Å². The molecule has 32 heavy (non-hydrogen) atoms. The Morgan fingerprint density at radius 1 is 1.03 bits per heavy atom. The number of ether oxygens (including phenoxy) is 3. The van der Waals surface area contributed by atoms with Crippen molar-refractivity contribution in [2.75, 3.05) is 39.2 Å². The number of hydrogen-bond acceptors (Lipinski definition) is 6. The molecule has 2 aromatic carbocycles. The van der Waals surface area contributed by atoms with Gasteiger partial charge in [-0.05, 0) is 31.0 Å². The number of methoxy groups -OCH3 is 2. The van der Waals surface area contributed by atoms with E-state index in [0.29, 0.717) is 35.7 Å². The zero-order valence-electron chi connectivity index (χ0n) is 19.0. The average Bonchev–Trinajstić information content (AvgIpc) is 2.79. The van der Waals surface area contributed by atoms with E-state index in [1.54, 1.807) is 24.3 Å². The molecule has 8 nitrogen and oxygen atoms in total. The summed E-state index contributed by atoms with van der Waals surface area (Å²) in [4.78, 5) is 38.6. The standard InChI is InChI=1S/C24H30N2O6/c1-5-12-26(15-22(27)25-20-9-7-6-8-17(20)2)23(28)16-32-24(29)13-18-10-11-19(30-3)14-21(18)31-4/h6-11,14H,5,12-13,15-16H2,1-4H3,(H,25,27). The molecule has 2 rings (SSSR count). The Kier molecular flexibility index (Phi) is 9.53. The normalized spacial score (nSPS) is 10.2. The van der Waals surface area contributed by atoms with Gasteiger partial charge in [-0.15, -0.1) is 0 Å². The third kappa shape index (κ3) is 7.30. The fraction of sp³-hybridized carbons (Fsp3) is 0.375. The van der Waals surface area contributed by atoms with Crippen LogP contribution in [-0.4, -0.2) is 56.6 Å². The highest BCUT2D eigenvalue weighted by Gasteiger charge is 2.19. The van der Waals surface area contributed by atoms with E-state index >= 15 is 0 Å². The maximum atomic E-state index is 12.6.